The van der Waals surface area contributed by atoms with Crippen LogP contribution < -0.4 is 4.74 Å². The van der Waals surface area contributed by atoms with Gasteiger partial charge in [0.1, 0.15) is 17.3 Å². The molecule has 0 bridgehead atoms. The average molecular weight is 441 g/mol. The summed E-state index contributed by atoms with van der Waals surface area (Å²) < 4.78 is 7.93. The maximum absolute atomic E-state index is 11.1. The second kappa shape index (κ2) is 8.64. The Bertz CT molecular complexity index is 1360. The first kappa shape index (κ1) is 20.0. The van der Waals surface area contributed by atoms with Crippen molar-refractivity contribution in [3.05, 3.63) is 90.1 Å². The highest BCUT2D eigenvalue weighted by Gasteiger charge is 2.20. The molecule has 5 aromatic rings. The van der Waals surface area contributed by atoms with Crippen molar-refractivity contribution in [1.82, 2.24) is 14.5 Å². The fourth-order valence-corrected chi connectivity index (χ4v) is 4.37. The molecule has 0 aliphatic carbocycles. The number of para-hydroxylation sites is 1. The van der Waals surface area contributed by atoms with Crippen LogP contribution in [0, 0.1) is 0 Å². The van der Waals surface area contributed by atoms with E-state index in [0.29, 0.717) is 23.2 Å². The number of fused-ring (bicyclic) bond motifs is 1. The lowest BCUT2D eigenvalue weighted by molar-refractivity contribution is 0.414. The molecule has 0 spiro atoms. The molecule has 3 aromatic carbocycles. The van der Waals surface area contributed by atoms with Crippen LogP contribution in [-0.4, -0.2) is 33.0 Å². The largest absolute Gasteiger partial charge is 0.497 e. The molecule has 32 heavy (non-hydrogen) atoms. The van der Waals surface area contributed by atoms with Crippen molar-refractivity contribution >= 4 is 27.8 Å². The third-order valence-electron chi connectivity index (χ3n) is 5.03. The Hall–Kier alpha value is -3.97. The molecule has 0 amide bonds. The van der Waals surface area contributed by atoms with E-state index in [4.69, 9.17) is 14.7 Å². The summed E-state index contributed by atoms with van der Waals surface area (Å²) in [6, 6.07) is 25.4. The number of imidazole rings is 1. The van der Waals surface area contributed by atoms with Gasteiger partial charge in [-0.05, 0) is 29.8 Å². The van der Waals surface area contributed by atoms with Crippen molar-refractivity contribution in [3.63, 3.8) is 0 Å². The molecule has 1 N–H and O–H groups in total. The zero-order chi connectivity index (χ0) is 21.9. The molecule has 0 unspecified atom stereocenters. The predicted octanol–water partition coefficient (Wildman–Crippen LogP) is 5.48. The fourth-order valence-electron chi connectivity index (χ4n) is 3.40. The summed E-state index contributed by atoms with van der Waals surface area (Å²) in [5.74, 6) is 1.44. The molecule has 0 aliphatic heterocycles. The van der Waals surface area contributed by atoms with Crippen LogP contribution in [0.3, 0.4) is 0 Å². The summed E-state index contributed by atoms with van der Waals surface area (Å²) in [4.78, 5) is 13.9. The smallest absolute Gasteiger partial charge is 0.227 e. The minimum absolute atomic E-state index is 0.0152. The Balaban J connectivity index is 1.53. The number of aromatic hydroxyl groups is 1. The van der Waals surface area contributed by atoms with Crippen LogP contribution in [0.15, 0.2) is 83.9 Å². The summed E-state index contributed by atoms with van der Waals surface area (Å²) in [6.45, 7) is 0.470. The van der Waals surface area contributed by atoms with Gasteiger partial charge in [0, 0.05) is 5.56 Å². The second-order valence-electron chi connectivity index (χ2n) is 7.13. The van der Waals surface area contributed by atoms with Gasteiger partial charge >= 0.3 is 0 Å². The summed E-state index contributed by atoms with van der Waals surface area (Å²) in [5.41, 5.74) is 3.21. The van der Waals surface area contributed by atoms with Gasteiger partial charge in [0.05, 0.1) is 30.1 Å². The molecule has 0 saturated carbocycles. The zero-order valence-electron chi connectivity index (χ0n) is 17.3. The molecule has 158 valence electrons. The summed E-state index contributed by atoms with van der Waals surface area (Å²) in [6.07, 6.45) is 1.61. The van der Waals surface area contributed by atoms with Crippen molar-refractivity contribution in [2.75, 3.05) is 7.11 Å². The number of hydrogen-bond acceptors (Lipinski definition) is 6. The lowest BCUT2D eigenvalue weighted by Crippen LogP contribution is -1.96. The number of rotatable bonds is 6. The van der Waals surface area contributed by atoms with Crippen molar-refractivity contribution < 1.29 is 9.84 Å². The molecule has 2 heterocycles. The van der Waals surface area contributed by atoms with Crippen LogP contribution in [-0.2, 0) is 6.54 Å². The summed E-state index contributed by atoms with van der Waals surface area (Å²) in [5, 5.41) is 11.7. The first-order valence-corrected chi connectivity index (χ1v) is 10.9. The number of ether oxygens (including phenoxy) is 1. The Kier molecular flexibility index (Phi) is 5.39. The van der Waals surface area contributed by atoms with Gasteiger partial charge in [-0.2, -0.15) is 0 Å². The quantitative estimate of drug-likeness (QED) is 0.355. The van der Waals surface area contributed by atoms with E-state index < -0.39 is 0 Å². The Labute approximate surface area is 189 Å². The highest BCUT2D eigenvalue weighted by molar-refractivity contribution is 7.20. The molecule has 0 aliphatic rings. The molecule has 6 nitrogen and oxygen atoms in total. The Morgan fingerprint density at radius 3 is 2.47 bits per heavy atom. The van der Waals surface area contributed by atoms with Crippen LogP contribution in [0.4, 0.5) is 0 Å². The highest BCUT2D eigenvalue weighted by Crippen LogP contribution is 2.34. The number of nitrogens with zero attached hydrogens (tertiary/aromatic N) is 4. The Morgan fingerprint density at radius 1 is 0.969 bits per heavy atom. The second-order valence-corrected chi connectivity index (χ2v) is 8.14. The van der Waals surface area contributed by atoms with Gasteiger partial charge in [-0.3, -0.25) is 4.99 Å². The number of benzene rings is 3. The third kappa shape index (κ3) is 3.86. The van der Waals surface area contributed by atoms with Crippen LogP contribution in [0.1, 0.15) is 11.3 Å². The molecule has 7 heteroatoms. The van der Waals surface area contributed by atoms with Gasteiger partial charge in [-0.1, -0.05) is 65.9 Å². The summed E-state index contributed by atoms with van der Waals surface area (Å²) in [7, 11) is 1.64. The monoisotopic (exact) mass is 440 g/mol. The first-order chi connectivity index (χ1) is 15.7. The normalized spacial score (nSPS) is 11.4. The number of aliphatic imine (C=N–C) groups is 1. The molecular formula is C25H20N4O2S. The maximum atomic E-state index is 11.1. The molecule has 0 saturated heterocycles. The van der Waals surface area contributed by atoms with Crippen LogP contribution >= 0.6 is 11.3 Å². The van der Waals surface area contributed by atoms with Gasteiger partial charge in [-0.15, -0.1) is 0 Å². The minimum atomic E-state index is 0.0152. The van der Waals surface area contributed by atoms with E-state index in [0.717, 1.165) is 27.1 Å². The van der Waals surface area contributed by atoms with E-state index in [-0.39, 0.29) is 5.88 Å². The predicted molar refractivity (Wildman–Crippen MR) is 128 cm³/mol. The molecular weight excluding hydrogens is 420 g/mol. The van der Waals surface area contributed by atoms with E-state index in [2.05, 4.69) is 4.99 Å². The standard InChI is InChI=1S/C25H20N4O2S/c1-31-19-13-11-17(12-14-19)15-26-16-21-24(30)29(23(27-21)18-7-3-2-4-8-18)25-28-20-9-5-6-10-22(20)32-25/h2-14,16,30H,15H2,1H3. The van der Waals surface area contributed by atoms with Crippen molar-refractivity contribution in [3.8, 4) is 28.1 Å². The fraction of sp³-hybridized carbons (Fsp3) is 0.0800. The SMILES string of the molecule is COc1ccc(CN=Cc2nc(-c3ccccc3)n(-c3nc4ccccc4s3)c2O)cc1. The topological polar surface area (TPSA) is 72.5 Å². The van der Waals surface area contributed by atoms with Crippen molar-refractivity contribution in [1.29, 1.82) is 0 Å². The van der Waals surface area contributed by atoms with Gasteiger partial charge < -0.3 is 9.84 Å². The molecule has 5 rings (SSSR count). The maximum Gasteiger partial charge on any atom is 0.227 e. The first-order valence-electron chi connectivity index (χ1n) is 10.1. The van der Waals surface area contributed by atoms with E-state index in [1.54, 1.807) is 17.9 Å². The number of methoxy groups -OCH3 is 1. The van der Waals surface area contributed by atoms with Crippen LogP contribution in [0.2, 0.25) is 0 Å². The van der Waals surface area contributed by atoms with E-state index >= 15 is 0 Å². The molecule has 0 atom stereocenters. The third-order valence-corrected chi connectivity index (χ3v) is 6.05. The van der Waals surface area contributed by atoms with Gasteiger partial charge in [0.15, 0.2) is 5.13 Å². The number of aromatic nitrogens is 3. The Morgan fingerprint density at radius 2 is 1.72 bits per heavy atom. The van der Waals surface area contributed by atoms with E-state index in [1.165, 1.54) is 11.3 Å². The van der Waals surface area contributed by atoms with Crippen LogP contribution in [0.25, 0.3) is 26.7 Å². The van der Waals surface area contributed by atoms with Crippen LogP contribution in [0.5, 0.6) is 11.6 Å². The molecule has 0 fully saturated rings. The van der Waals surface area contributed by atoms with Crippen molar-refractivity contribution in [2.45, 2.75) is 6.54 Å². The van der Waals surface area contributed by atoms with E-state index in [1.807, 2.05) is 78.9 Å². The summed E-state index contributed by atoms with van der Waals surface area (Å²) >= 11 is 1.51. The van der Waals surface area contributed by atoms with Gasteiger partial charge in [-0.25, -0.2) is 14.5 Å². The van der Waals surface area contributed by atoms with Crippen molar-refractivity contribution in [2.24, 2.45) is 4.99 Å². The van der Waals surface area contributed by atoms with Gasteiger partial charge in [0.2, 0.25) is 5.88 Å². The number of hydrogen-bond donors (Lipinski definition) is 1. The zero-order valence-corrected chi connectivity index (χ0v) is 18.2. The highest BCUT2D eigenvalue weighted by atomic mass is 32.1. The lowest BCUT2D eigenvalue weighted by atomic mass is 10.2. The average Bonchev–Trinajstić information content (AvgIpc) is 3.41. The van der Waals surface area contributed by atoms with Gasteiger partial charge in [0.25, 0.3) is 0 Å². The molecule has 2 aromatic heterocycles. The molecule has 0 radical (unpaired) electrons. The van der Waals surface area contributed by atoms with E-state index in [9.17, 15) is 5.11 Å². The minimum Gasteiger partial charge on any atom is -0.497 e. The lowest BCUT2D eigenvalue weighted by Gasteiger charge is -2.05. The number of thiazole rings is 1.